The highest BCUT2D eigenvalue weighted by molar-refractivity contribution is 5.74. The lowest BCUT2D eigenvalue weighted by Gasteiger charge is -2.43. The van der Waals surface area contributed by atoms with Crippen molar-refractivity contribution in [1.82, 2.24) is 0 Å². The average Bonchev–Trinajstić information content (AvgIpc) is 2.70. The van der Waals surface area contributed by atoms with E-state index in [0.29, 0.717) is 0 Å². The molecular formula is C22H36O10. The van der Waals surface area contributed by atoms with Crippen LogP contribution in [0.25, 0.3) is 0 Å². The average molecular weight is 461 g/mol. The Balaban J connectivity index is 3.27. The zero-order valence-electron chi connectivity index (χ0n) is 20.0. The first kappa shape index (κ1) is 27.8. The van der Waals surface area contributed by atoms with Crippen LogP contribution in [0.15, 0.2) is 0 Å². The molecule has 0 aromatic heterocycles. The molecule has 0 spiro atoms. The van der Waals surface area contributed by atoms with Gasteiger partial charge in [0.15, 0.2) is 6.10 Å². The van der Waals surface area contributed by atoms with E-state index in [1.807, 2.05) is 0 Å². The van der Waals surface area contributed by atoms with Crippen LogP contribution in [0.3, 0.4) is 0 Å². The fourth-order valence-electron chi connectivity index (χ4n) is 2.50. The van der Waals surface area contributed by atoms with Crippen LogP contribution in [-0.4, -0.2) is 66.3 Å². The number of rotatable bonds is 9. The van der Waals surface area contributed by atoms with Crippen molar-refractivity contribution in [1.29, 1.82) is 0 Å². The van der Waals surface area contributed by atoms with Crippen LogP contribution in [-0.2, 0) is 42.9 Å². The van der Waals surface area contributed by atoms with E-state index in [2.05, 4.69) is 0 Å². The molecule has 0 aromatic rings. The van der Waals surface area contributed by atoms with Gasteiger partial charge in [-0.25, -0.2) is 0 Å². The Kier molecular flexibility index (Phi) is 10.6. The molecule has 1 fully saturated rings. The molecule has 0 aromatic carbocycles. The van der Waals surface area contributed by atoms with Crippen LogP contribution in [0.5, 0.6) is 0 Å². The summed E-state index contributed by atoms with van der Waals surface area (Å²) in [6.07, 6.45) is -7.02. The summed E-state index contributed by atoms with van der Waals surface area (Å²) in [5.74, 6) is -4.52. The number of hydrogen-bond acceptors (Lipinski definition) is 10. The summed E-state index contributed by atoms with van der Waals surface area (Å²) >= 11 is 0. The standard InChI is InChI=1S/C22H36O10/c1-10(2)18(24)28-9-14-15(23)16(30-19(25)11(3)4)17(31-20(26)12(5)6)22(29-14)32-21(27)13(7)8/h10-17,22-23H,9H2,1-8H3/t14-,15-,16+,17-,22?/m1/s1. The van der Waals surface area contributed by atoms with Crippen molar-refractivity contribution in [2.24, 2.45) is 23.7 Å². The van der Waals surface area contributed by atoms with E-state index in [9.17, 15) is 24.3 Å². The maximum absolute atomic E-state index is 12.3. The van der Waals surface area contributed by atoms with Gasteiger partial charge in [0.1, 0.15) is 18.8 Å². The Morgan fingerprint density at radius 3 is 1.53 bits per heavy atom. The molecule has 0 amide bonds. The Morgan fingerprint density at radius 1 is 0.688 bits per heavy atom. The fourth-order valence-corrected chi connectivity index (χ4v) is 2.50. The molecule has 1 heterocycles. The SMILES string of the molecule is CC(C)C(=O)OC[C@H]1OC(OC(=O)C(C)C)[C@H](OC(=O)C(C)C)[C@@H](OC(=O)C(C)C)[C@@H]1O. The quantitative estimate of drug-likeness (QED) is 0.399. The first-order valence-electron chi connectivity index (χ1n) is 10.9. The zero-order valence-corrected chi connectivity index (χ0v) is 20.0. The third-order valence-corrected chi connectivity index (χ3v) is 4.63. The molecule has 0 bridgehead atoms. The molecule has 1 aliphatic rings. The summed E-state index contributed by atoms with van der Waals surface area (Å²) in [6, 6.07) is 0. The van der Waals surface area contributed by atoms with Crippen molar-refractivity contribution < 1.29 is 48.0 Å². The Bertz CT molecular complexity index is 670. The number of ether oxygens (including phenoxy) is 5. The highest BCUT2D eigenvalue weighted by atomic mass is 16.7. The molecule has 10 heteroatoms. The van der Waals surface area contributed by atoms with Gasteiger partial charge in [-0.1, -0.05) is 55.4 Å². The minimum atomic E-state index is -1.52. The smallest absolute Gasteiger partial charge is 0.310 e. The predicted molar refractivity (Wildman–Crippen MR) is 111 cm³/mol. The Morgan fingerprint density at radius 2 is 1.09 bits per heavy atom. The number of aliphatic hydroxyl groups excluding tert-OH is 1. The van der Waals surface area contributed by atoms with Crippen LogP contribution < -0.4 is 0 Å². The molecule has 1 aliphatic heterocycles. The second-order valence-electron chi connectivity index (χ2n) is 9.02. The third-order valence-electron chi connectivity index (χ3n) is 4.63. The van der Waals surface area contributed by atoms with Gasteiger partial charge in [-0.15, -0.1) is 0 Å². The number of aliphatic hydroxyl groups is 1. The van der Waals surface area contributed by atoms with Gasteiger partial charge in [0.25, 0.3) is 0 Å². The summed E-state index contributed by atoms with van der Waals surface area (Å²) in [7, 11) is 0. The first-order valence-corrected chi connectivity index (χ1v) is 10.9. The normalized spacial score (nSPS) is 25.7. The molecule has 1 rings (SSSR count). The van der Waals surface area contributed by atoms with E-state index < -0.39 is 78.3 Å². The van der Waals surface area contributed by atoms with E-state index in [4.69, 9.17) is 23.7 Å². The van der Waals surface area contributed by atoms with Crippen molar-refractivity contribution >= 4 is 23.9 Å². The first-order chi connectivity index (χ1) is 14.8. The van der Waals surface area contributed by atoms with Crippen molar-refractivity contribution in [3.63, 3.8) is 0 Å². The maximum Gasteiger partial charge on any atom is 0.310 e. The van der Waals surface area contributed by atoms with Crippen LogP contribution in [0, 0.1) is 23.7 Å². The van der Waals surface area contributed by atoms with E-state index >= 15 is 0 Å². The van der Waals surface area contributed by atoms with Gasteiger partial charge in [-0.3, -0.25) is 19.2 Å². The second-order valence-corrected chi connectivity index (χ2v) is 9.02. The molecule has 1 N–H and O–H groups in total. The molecule has 0 aliphatic carbocycles. The molecule has 32 heavy (non-hydrogen) atoms. The van der Waals surface area contributed by atoms with Crippen molar-refractivity contribution in [3.05, 3.63) is 0 Å². The van der Waals surface area contributed by atoms with Gasteiger partial charge in [-0.2, -0.15) is 0 Å². The number of esters is 4. The van der Waals surface area contributed by atoms with Crippen molar-refractivity contribution in [2.45, 2.75) is 86.1 Å². The maximum atomic E-state index is 12.3. The van der Waals surface area contributed by atoms with E-state index in [0.717, 1.165) is 0 Å². The summed E-state index contributed by atoms with van der Waals surface area (Å²) in [6.45, 7) is 12.5. The number of carbonyl (C=O) groups is 4. The zero-order chi connectivity index (χ0) is 24.7. The van der Waals surface area contributed by atoms with Crippen LogP contribution in [0.2, 0.25) is 0 Å². The molecule has 1 unspecified atom stereocenters. The van der Waals surface area contributed by atoms with Crippen LogP contribution in [0.1, 0.15) is 55.4 Å². The molecule has 1 saturated heterocycles. The molecule has 5 atom stereocenters. The van der Waals surface area contributed by atoms with Crippen LogP contribution >= 0.6 is 0 Å². The molecule has 0 saturated carbocycles. The molecule has 10 nitrogen and oxygen atoms in total. The number of carbonyl (C=O) groups excluding carboxylic acids is 4. The van der Waals surface area contributed by atoms with Gasteiger partial charge < -0.3 is 28.8 Å². The summed E-state index contributed by atoms with van der Waals surface area (Å²) < 4.78 is 27.1. The largest absolute Gasteiger partial charge is 0.463 e. The van der Waals surface area contributed by atoms with Gasteiger partial charge in [0.2, 0.25) is 12.4 Å². The number of hydrogen-bond donors (Lipinski definition) is 1. The lowest BCUT2D eigenvalue weighted by Crippen LogP contribution is -2.62. The topological polar surface area (TPSA) is 135 Å². The summed E-state index contributed by atoms with van der Waals surface area (Å²) in [5, 5.41) is 10.9. The summed E-state index contributed by atoms with van der Waals surface area (Å²) in [5.41, 5.74) is 0. The van der Waals surface area contributed by atoms with Crippen molar-refractivity contribution in [3.8, 4) is 0 Å². The Hall–Kier alpha value is -2.20. The monoisotopic (exact) mass is 460 g/mol. The van der Waals surface area contributed by atoms with Gasteiger partial charge in [0, 0.05) is 0 Å². The van der Waals surface area contributed by atoms with Gasteiger partial charge in [-0.05, 0) is 0 Å². The van der Waals surface area contributed by atoms with Gasteiger partial charge in [0.05, 0.1) is 23.7 Å². The lowest BCUT2D eigenvalue weighted by atomic mass is 9.98. The highest BCUT2D eigenvalue weighted by Gasteiger charge is 2.52. The van der Waals surface area contributed by atoms with E-state index in [-0.39, 0.29) is 6.61 Å². The second kappa shape index (κ2) is 12.2. The molecule has 184 valence electrons. The van der Waals surface area contributed by atoms with E-state index in [1.54, 1.807) is 55.4 Å². The lowest BCUT2D eigenvalue weighted by molar-refractivity contribution is -0.301. The highest BCUT2D eigenvalue weighted by Crippen LogP contribution is 2.29. The predicted octanol–water partition coefficient (Wildman–Crippen LogP) is 1.61. The van der Waals surface area contributed by atoms with Gasteiger partial charge >= 0.3 is 23.9 Å². The minimum absolute atomic E-state index is 0.380. The minimum Gasteiger partial charge on any atom is -0.463 e. The third kappa shape index (κ3) is 7.74. The van der Waals surface area contributed by atoms with Crippen LogP contribution in [0.4, 0.5) is 0 Å². The fraction of sp³-hybridized carbons (Fsp3) is 0.818. The summed E-state index contributed by atoms with van der Waals surface area (Å²) in [4.78, 5) is 48.8. The molecule has 0 radical (unpaired) electrons. The van der Waals surface area contributed by atoms with Crippen molar-refractivity contribution in [2.75, 3.05) is 6.61 Å². The molecular weight excluding hydrogens is 424 g/mol. The van der Waals surface area contributed by atoms with E-state index in [1.165, 1.54) is 0 Å². The Labute approximate surface area is 188 Å².